The van der Waals surface area contributed by atoms with Gasteiger partial charge in [0.1, 0.15) is 0 Å². The highest BCUT2D eigenvalue weighted by molar-refractivity contribution is 5.73. The maximum atomic E-state index is 11.2. The van der Waals surface area contributed by atoms with Gasteiger partial charge < -0.3 is 4.90 Å². The normalized spacial score (nSPS) is 34.1. The van der Waals surface area contributed by atoms with Crippen molar-refractivity contribution in [3.8, 4) is 0 Å². The Morgan fingerprint density at radius 1 is 1.15 bits per heavy atom. The minimum atomic E-state index is 0.268. The summed E-state index contributed by atoms with van der Waals surface area (Å²) in [4.78, 5) is 13.2. The van der Waals surface area contributed by atoms with Gasteiger partial charge in [0.15, 0.2) is 0 Å². The highest BCUT2D eigenvalue weighted by atomic mass is 16.2. The number of likely N-dealkylation sites (tertiary alicyclic amines) is 1. The molecule has 0 aromatic rings. The van der Waals surface area contributed by atoms with Gasteiger partial charge in [0, 0.05) is 20.0 Å². The molecule has 0 spiro atoms. The van der Waals surface area contributed by atoms with Crippen molar-refractivity contribution in [1.29, 1.82) is 0 Å². The Balaban J connectivity index is 1.95. The number of piperidine rings is 1. The van der Waals surface area contributed by atoms with E-state index in [1.807, 2.05) is 4.90 Å². The summed E-state index contributed by atoms with van der Waals surface area (Å²) in [6.07, 6.45) is 6.82. The lowest BCUT2D eigenvalue weighted by Crippen LogP contribution is -2.43. The fourth-order valence-electron chi connectivity index (χ4n) is 2.89. The van der Waals surface area contributed by atoms with Crippen LogP contribution in [-0.4, -0.2) is 23.9 Å². The lowest BCUT2D eigenvalue weighted by atomic mass is 9.75. The lowest BCUT2D eigenvalue weighted by molar-refractivity contribution is -0.131. The topological polar surface area (TPSA) is 20.3 Å². The predicted octanol–water partition coefficient (Wildman–Crippen LogP) is 2.04. The molecule has 0 aromatic carbocycles. The first-order valence-corrected chi connectivity index (χ1v) is 5.53. The molecule has 74 valence electrons. The summed E-state index contributed by atoms with van der Waals surface area (Å²) >= 11 is 0. The Bertz CT molecular complexity index is 202. The first kappa shape index (κ1) is 9.04. The van der Waals surface area contributed by atoms with E-state index in [4.69, 9.17) is 0 Å². The lowest BCUT2D eigenvalue weighted by Gasteiger charge is -2.40. The van der Waals surface area contributed by atoms with Gasteiger partial charge in [-0.25, -0.2) is 0 Å². The van der Waals surface area contributed by atoms with Gasteiger partial charge >= 0.3 is 0 Å². The quantitative estimate of drug-likeness (QED) is 0.560. The Hall–Kier alpha value is -0.530. The van der Waals surface area contributed by atoms with E-state index in [9.17, 15) is 4.79 Å². The maximum Gasteiger partial charge on any atom is 0.219 e. The third kappa shape index (κ3) is 1.87. The van der Waals surface area contributed by atoms with E-state index >= 15 is 0 Å². The highest BCUT2D eigenvalue weighted by Crippen LogP contribution is 2.35. The number of fused-ring (bicyclic) bond motifs is 1. The van der Waals surface area contributed by atoms with Crippen molar-refractivity contribution in [1.82, 2.24) is 4.90 Å². The van der Waals surface area contributed by atoms with Crippen molar-refractivity contribution in [2.45, 2.75) is 39.0 Å². The summed E-state index contributed by atoms with van der Waals surface area (Å²) in [6, 6.07) is 0. The number of rotatable bonds is 0. The molecule has 1 saturated carbocycles. The summed E-state index contributed by atoms with van der Waals surface area (Å²) < 4.78 is 0. The van der Waals surface area contributed by atoms with Crippen LogP contribution in [0.1, 0.15) is 39.0 Å². The maximum absolute atomic E-state index is 11.2. The molecule has 2 rings (SSSR count). The van der Waals surface area contributed by atoms with Crippen molar-refractivity contribution in [3.63, 3.8) is 0 Å². The van der Waals surface area contributed by atoms with Crippen LogP contribution in [0.2, 0.25) is 0 Å². The van der Waals surface area contributed by atoms with Crippen LogP contribution in [-0.2, 0) is 4.79 Å². The molecule has 2 aliphatic rings. The average molecular weight is 181 g/mol. The van der Waals surface area contributed by atoms with E-state index in [2.05, 4.69) is 0 Å². The van der Waals surface area contributed by atoms with Gasteiger partial charge in [-0.1, -0.05) is 19.3 Å². The number of carbonyl (C=O) groups is 1. The zero-order valence-electron chi connectivity index (χ0n) is 8.46. The van der Waals surface area contributed by atoms with Gasteiger partial charge in [0.2, 0.25) is 5.91 Å². The first-order chi connectivity index (χ1) is 6.27. The molecular weight excluding hydrogens is 162 g/mol. The second kappa shape index (κ2) is 3.69. The Labute approximate surface area is 80.3 Å². The number of nitrogens with zero attached hydrogens (tertiary/aromatic N) is 1. The molecule has 1 amide bonds. The Kier molecular flexibility index (Phi) is 2.56. The van der Waals surface area contributed by atoms with E-state index in [-0.39, 0.29) is 5.91 Å². The third-order valence-corrected chi connectivity index (χ3v) is 3.74. The number of hydrogen-bond acceptors (Lipinski definition) is 1. The minimum absolute atomic E-state index is 0.268. The average Bonchev–Trinajstić information content (AvgIpc) is 2.17. The van der Waals surface area contributed by atoms with Gasteiger partial charge in [-0.15, -0.1) is 0 Å². The number of hydrogen-bond donors (Lipinski definition) is 0. The molecule has 13 heavy (non-hydrogen) atoms. The predicted molar refractivity (Wildman–Crippen MR) is 52.3 cm³/mol. The van der Waals surface area contributed by atoms with Crippen LogP contribution in [0.3, 0.4) is 0 Å². The summed E-state index contributed by atoms with van der Waals surface area (Å²) in [7, 11) is 0. The second-order valence-electron chi connectivity index (χ2n) is 4.56. The highest BCUT2D eigenvalue weighted by Gasteiger charge is 2.31. The zero-order chi connectivity index (χ0) is 9.26. The van der Waals surface area contributed by atoms with Gasteiger partial charge in [-0.2, -0.15) is 0 Å². The molecule has 1 saturated heterocycles. The van der Waals surface area contributed by atoms with Gasteiger partial charge in [-0.05, 0) is 24.7 Å². The fourth-order valence-corrected chi connectivity index (χ4v) is 2.89. The second-order valence-corrected chi connectivity index (χ2v) is 4.56. The van der Waals surface area contributed by atoms with Crippen molar-refractivity contribution < 1.29 is 4.79 Å². The van der Waals surface area contributed by atoms with E-state index in [0.29, 0.717) is 0 Å². The molecule has 0 N–H and O–H groups in total. The molecule has 0 radical (unpaired) electrons. The smallest absolute Gasteiger partial charge is 0.219 e. The van der Waals surface area contributed by atoms with Crippen LogP contribution >= 0.6 is 0 Å². The van der Waals surface area contributed by atoms with Crippen molar-refractivity contribution in [2.24, 2.45) is 11.8 Å². The largest absolute Gasteiger partial charge is 0.343 e. The first-order valence-electron chi connectivity index (χ1n) is 5.53. The Morgan fingerprint density at radius 2 is 1.85 bits per heavy atom. The zero-order valence-corrected chi connectivity index (χ0v) is 8.46. The monoisotopic (exact) mass is 181 g/mol. The summed E-state index contributed by atoms with van der Waals surface area (Å²) in [5, 5.41) is 0. The van der Waals surface area contributed by atoms with Crippen LogP contribution in [0.25, 0.3) is 0 Å². The molecular formula is C11H19NO. The van der Waals surface area contributed by atoms with Crippen LogP contribution in [0.15, 0.2) is 0 Å². The number of amides is 1. The van der Waals surface area contributed by atoms with E-state index < -0.39 is 0 Å². The molecule has 2 nitrogen and oxygen atoms in total. The van der Waals surface area contributed by atoms with Gasteiger partial charge in [0.05, 0.1) is 0 Å². The summed E-state index contributed by atoms with van der Waals surface area (Å²) in [5.41, 5.74) is 0. The third-order valence-electron chi connectivity index (χ3n) is 3.74. The van der Waals surface area contributed by atoms with Crippen LogP contribution in [0.5, 0.6) is 0 Å². The van der Waals surface area contributed by atoms with Crippen molar-refractivity contribution >= 4 is 5.91 Å². The van der Waals surface area contributed by atoms with E-state index in [1.165, 1.54) is 32.1 Å². The van der Waals surface area contributed by atoms with Crippen molar-refractivity contribution in [2.75, 3.05) is 13.1 Å². The molecule has 2 heteroatoms. The van der Waals surface area contributed by atoms with Crippen molar-refractivity contribution in [3.05, 3.63) is 0 Å². The molecule has 1 aliphatic heterocycles. The SMILES string of the molecule is CC(=O)N1CC[C@@H]2CCCC[C@H]2C1. The molecule has 0 aromatic heterocycles. The van der Waals surface area contributed by atoms with E-state index in [0.717, 1.165) is 24.9 Å². The molecule has 0 bridgehead atoms. The molecule has 2 fully saturated rings. The van der Waals surface area contributed by atoms with Gasteiger partial charge in [0.25, 0.3) is 0 Å². The van der Waals surface area contributed by atoms with E-state index in [1.54, 1.807) is 6.92 Å². The Morgan fingerprint density at radius 3 is 2.54 bits per heavy atom. The van der Waals surface area contributed by atoms with Gasteiger partial charge in [-0.3, -0.25) is 4.79 Å². The number of carbonyl (C=O) groups excluding carboxylic acids is 1. The van der Waals surface area contributed by atoms with Crippen LogP contribution in [0, 0.1) is 11.8 Å². The fraction of sp³-hybridized carbons (Fsp3) is 0.909. The van der Waals surface area contributed by atoms with Crippen LogP contribution in [0.4, 0.5) is 0 Å². The molecule has 2 atom stereocenters. The standard InChI is InChI=1S/C11H19NO/c1-9(13)12-7-6-10-4-2-3-5-11(10)8-12/h10-11H,2-8H2,1H3/t10-,11-/m0/s1. The molecule has 1 aliphatic carbocycles. The molecule has 0 unspecified atom stereocenters. The van der Waals surface area contributed by atoms with Crippen LogP contribution < -0.4 is 0 Å². The molecule has 1 heterocycles. The summed E-state index contributed by atoms with van der Waals surface area (Å²) in [6.45, 7) is 3.75. The summed E-state index contributed by atoms with van der Waals surface area (Å²) in [5.74, 6) is 2.03. The minimum Gasteiger partial charge on any atom is -0.343 e.